The summed E-state index contributed by atoms with van der Waals surface area (Å²) in [5, 5.41) is 0. The Morgan fingerprint density at radius 2 is 2.00 bits per heavy atom. The molecular weight excluding hydrogens is 274 g/mol. The van der Waals surface area contributed by atoms with Gasteiger partial charge in [-0.3, -0.25) is 0 Å². The van der Waals surface area contributed by atoms with Crippen LogP contribution in [0.4, 0.5) is 8.78 Å². The molecule has 1 aromatic rings. The predicted octanol–water partition coefficient (Wildman–Crippen LogP) is 2.72. The van der Waals surface area contributed by atoms with Gasteiger partial charge in [-0.05, 0) is 63.5 Å². The van der Waals surface area contributed by atoms with Crippen LogP contribution in [0, 0.1) is 11.6 Å². The Balaban J connectivity index is 1.90. The van der Waals surface area contributed by atoms with Crippen LogP contribution in [0.5, 0.6) is 5.75 Å². The lowest BCUT2D eigenvalue weighted by Crippen LogP contribution is -2.37. The molecular formula is C16H24F2N2O. The van der Waals surface area contributed by atoms with Gasteiger partial charge in [-0.1, -0.05) is 6.42 Å². The molecule has 1 unspecified atom stereocenters. The van der Waals surface area contributed by atoms with Gasteiger partial charge in [0.25, 0.3) is 0 Å². The van der Waals surface area contributed by atoms with Crippen LogP contribution in [0.2, 0.25) is 0 Å². The van der Waals surface area contributed by atoms with Crippen LogP contribution >= 0.6 is 0 Å². The average molecular weight is 298 g/mol. The van der Waals surface area contributed by atoms with E-state index in [1.807, 2.05) is 0 Å². The molecule has 0 amide bonds. The fourth-order valence-corrected chi connectivity index (χ4v) is 2.87. The van der Waals surface area contributed by atoms with Gasteiger partial charge in [-0.2, -0.15) is 0 Å². The van der Waals surface area contributed by atoms with Crippen LogP contribution in [0.3, 0.4) is 0 Å². The zero-order valence-electron chi connectivity index (χ0n) is 12.6. The highest BCUT2D eigenvalue weighted by Gasteiger charge is 2.19. The smallest absolute Gasteiger partial charge is 0.190 e. The number of rotatable bonds is 6. The lowest BCUT2D eigenvalue weighted by molar-refractivity contribution is 0.150. The van der Waals surface area contributed by atoms with Crippen molar-refractivity contribution in [3.8, 4) is 5.75 Å². The van der Waals surface area contributed by atoms with E-state index in [-0.39, 0.29) is 5.75 Å². The Kier molecular flexibility index (Phi) is 5.94. The highest BCUT2D eigenvalue weighted by molar-refractivity contribution is 5.31. The number of piperidine rings is 1. The van der Waals surface area contributed by atoms with Crippen LogP contribution < -0.4 is 10.5 Å². The molecule has 21 heavy (non-hydrogen) atoms. The molecule has 2 N–H and O–H groups in total. The molecule has 1 saturated heterocycles. The van der Waals surface area contributed by atoms with E-state index in [0.29, 0.717) is 31.2 Å². The number of nitrogens with zero attached hydrogens (tertiary/aromatic N) is 1. The van der Waals surface area contributed by atoms with Gasteiger partial charge in [0.15, 0.2) is 17.4 Å². The molecule has 0 radical (unpaired) electrons. The van der Waals surface area contributed by atoms with Crippen LogP contribution in [-0.4, -0.2) is 37.7 Å². The fraction of sp³-hybridized carbons (Fsp3) is 0.625. The minimum absolute atomic E-state index is 0.269. The van der Waals surface area contributed by atoms with Gasteiger partial charge >= 0.3 is 0 Å². The first-order valence-electron chi connectivity index (χ1n) is 7.63. The van der Waals surface area contributed by atoms with Crippen molar-refractivity contribution in [2.24, 2.45) is 5.73 Å². The van der Waals surface area contributed by atoms with E-state index in [0.717, 1.165) is 19.4 Å². The normalized spacial score (nSPS) is 19.7. The third-order valence-electron chi connectivity index (χ3n) is 4.11. The van der Waals surface area contributed by atoms with Gasteiger partial charge in [0.05, 0.1) is 6.61 Å². The van der Waals surface area contributed by atoms with Gasteiger partial charge in [-0.25, -0.2) is 8.78 Å². The molecule has 1 atom stereocenters. The van der Waals surface area contributed by atoms with E-state index in [4.69, 9.17) is 10.5 Å². The third kappa shape index (κ3) is 4.38. The summed E-state index contributed by atoms with van der Waals surface area (Å²) >= 11 is 0. The number of hydrogen-bond donors (Lipinski definition) is 1. The third-order valence-corrected chi connectivity index (χ3v) is 4.11. The number of halogens is 2. The molecule has 0 aliphatic carbocycles. The highest BCUT2D eigenvalue weighted by atomic mass is 19.1. The van der Waals surface area contributed by atoms with E-state index >= 15 is 0 Å². The molecule has 118 valence electrons. The Morgan fingerprint density at radius 3 is 2.62 bits per heavy atom. The zero-order chi connectivity index (χ0) is 15.2. The molecule has 0 aromatic heterocycles. The van der Waals surface area contributed by atoms with E-state index in [1.54, 1.807) is 0 Å². The number of likely N-dealkylation sites (tertiary alicyclic amines) is 1. The van der Waals surface area contributed by atoms with Gasteiger partial charge in [0.1, 0.15) is 0 Å². The summed E-state index contributed by atoms with van der Waals surface area (Å²) in [5.41, 5.74) is 5.96. The van der Waals surface area contributed by atoms with Crippen molar-refractivity contribution in [3.63, 3.8) is 0 Å². The zero-order valence-corrected chi connectivity index (χ0v) is 12.6. The average Bonchev–Trinajstić information content (AvgIpc) is 2.44. The van der Waals surface area contributed by atoms with Crippen molar-refractivity contribution in [1.29, 1.82) is 0 Å². The molecule has 0 saturated carbocycles. The van der Waals surface area contributed by atoms with Crippen LogP contribution in [0.25, 0.3) is 0 Å². The summed E-state index contributed by atoms with van der Waals surface area (Å²) in [6, 6.07) is 3.05. The van der Waals surface area contributed by atoms with Crippen LogP contribution in [0.15, 0.2) is 12.1 Å². The highest BCUT2D eigenvalue weighted by Crippen LogP contribution is 2.24. The number of nitrogens with two attached hydrogens (primary N) is 1. The van der Waals surface area contributed by atoms with Crippen molar-refractivity contribution < 1.29 is 13.5 Å². The van der Waals surface area contributed by atoms with Gasteiger partial charge in [0.2, 0.25) is 0 Å². The lowest BCUT2D eigenvalue weighted by atomic mass is 10.0. The Hall–Kier alpha value is -1.20. The molecule has 0 bridgehead atoms. The lowest BCUT2D eigenvalue weighted by Gasteiger charge is -2.32. The first-order valence-corrected chi connectivity index (χ1v) is 7.63. The van der Waals surface area contributed by atoms with Gasteiger partial charge in [0, 0.05) is 6.04 Å². The first kappa shape index (κ1) is 16.2. The second-order valence-corrected chi connectivity index (χ2v) is 5.69. The SMILES string of the molecule is CN1CCCCC1CCOc1c(F)cc(CCN)cc1F. The minimum Gasteiger partial charge on any atom is -0.488 e. The maximum atomic E-state index is 13.9. The summed E-state index contributed by atoms with van der Waals surface area (Å²) in [5.74, 6) is -1.56. The molecule has 1 aliphatic rings. The molecule has 0 spiro atoms. The summed E-state index contributed by atoms with van der Waals surface area (Å²) in [7, 11) is 2.09. The molecule has 1 aliphatic heterocycles. The van der Waals surface area contributed by atoms with Gasteiger partial charge in [-0.15, -0.1) is 0 Å². The number of benzene rings is 1. The minimum atomic E-state index is -0.643. The maximum Gasteiger partial charge on any atom is 0.190 e. The van der Waals surface area contributed by atoms with Crippen molar-refractivity contribution >= 4 is 0 Å². The predicted molar refractivity (Wildman–Crippen MR) is 79.5 cm³/mol. The standard InChI is InChI=1S/C16H24F2N2O/c1-20-8-3-2-4-13(20)6-9-21-16-14(17)10-12(5-7-19)11-15(16)18/h10-11,13H,2-9,19H2,1H3. The topological polar surface area (TPSA) is 38.5 Å². The molecule has 1 heterocycles. The molecule has 3 nitrogen and oxygen atoms in total. The van der Waals surface area contributed by atoms with E-state index in [1.165, 1.54) is 25.0 Å². The molecule has 5 heteroatoms. The second kappa shape index (κ2) is 7.71. The molecule has 2 rings (SSSR count). The van der Waals surface area contributed by atoms with Crippen molar-refractivity contribution in [2.75, 3.05) is 26.7 Å². The summed E-state index contributed by atoms with van der Waals surface area (Å²) in [6.07, 6.45) is 4.81. The molecule has 1 fully saturated rings. The monoisotopic (exact) mass is 298 g/mol. The Morgan fingerprint density at radius 1 is 1.29 bits per heavy atom. The van der Waals surface area contributed by atoms with Crippen LogP contribution in [0.1, 0.15) is 31.2 Å². The Bertz CT molecular complexity index is 445. The fourth-order valence-electron chi connectivity index (χ4n) is 2.87. The van der Waals surface area contributed by atoms with E-state index < -0.39 is 11.6 Å². The quantitative estimate of drug-likeness (QED) is 0.877. The summed E-state index contributed by atoms with van der Waals surface area (Å²) < 4.78 is 33.1. The van der Waals surface area contributed by atoms with E-state index in [9.17, 15) is 8.78 Å². The van der Waals surface area contributed by atoms with Crippen molar-refractivity contribution in [1.82, 2.24) is 4.90 Å². The number of ether oxygens (including phenoxy) is 1. The largest absolute Gasteiger partial charge is 0.488 e. The van der Waals surface area contributed by atoms with Crippen LogP contribution in [-0.2, 0) is 6.42 Å². The second-order valence-electron chi connectivity index (χ2n) is 5.69. The number of hydrogen-bond acceptors (Lipinski definition) is 3. The van der Waals surface area contributed by atoms with Gasteiger partial charge < -0.3 is 15.4 Å². The Labute approximate surface area is 125 Å². The maximum absolute atomic E-state index is 13.9. The molecule has 1 aromatic carbocycles. The first-order chi connectivity index (χ1) is 10.1. The van der Waals surface area contributed by atoms with E-state index in [2.05, 4.69) is 11.9 Å². The summed E-state index contributed by atoms with van der Waals surface area (Å²) in [4.78, 5) is 2.30. The summed E-state index contributed by atoms with van der Waals surface area (Å²) in [6.45, 7) is 1.79. The van der Waals surface area contributed by atoms with Crippen molar-refractivity contribution in [2.45, 2.75) is 38.1 Å². The van der Waals surface area contributed by atoms with Crippen molar-refractivity contribution in [3.05, 3.63) is 29.3 Å².